The summed E-state index contributed by atoms with van der Waals surface area (Å²) in [6.07, 6.45) is 1.16. The van der Waals surface area contributed by atoms with Gasteiger partial charge in [0.15, 0.2) is 0 Å². The standard InChI is InChI=1S/C17H16ClNO2/c18-14-3-1-2-11(8-14)9-16(20)13-4-6-15-12(10-13)5-7-17(21)19-15/h1-4,6,8,10,16,20H,5,7,9H2,(H,19,21). The van der Waals surface area contributed by atoms with E-state index >= 15 is 0 Å². The maximum Gasteiger partial charge on any atom is 0.224 e. The number of hydrogen-bond acceptors (Lipinski definition) is 2. The molecule has 0 aliphatic carbocycles. The second-order valence-electron chi connectivity index (χ2n) is 5.31. The van der Waals surface area contributed by atoms with Crippen molar-refractivity contribution in [3.05, 3.63) is 64.2 Å². The highest BCUT2D eigenvalue weighted by Gasteiger charge is 2.17. The molecule has 1 amide bonds. The van der Waals surface area contributed by atoms with E-state index in [1.54, 1.807) is 0 Å². The lowest BCUT2D eigenvalue weighted by Gasteiger charge is -2.19. The topological polar surface area (TPSA) is 49.3 Å². The molecule has 0 saturated carbocycles. The molecule has 0 bridgehead atoms. The minimum Gasteiger partial charge on any atom is -0.388 e. The van der Waals surface area contributed by atoms with Crippen molar-refractivity contribution in [3.8, 4) is 0 Å². The van der Waals surface area contributed by atoms with Crippen molar-refractivity contribution in [3.63, 3.8) is 0 Å². The second-order valence-corrected chi connectivity index (χ2v) is 5.75. The van der Waals surface area contributed by atoms with E-state index in [-0.39, 0.29) is 5.91 Å². The van der Waals surface area contributed by atoms with Crippen LogP contribution in [0.2, 0.25) is 5.02 Å². The Kier molecular flexibility index (Phi) is 3.95. The SMILES string of the molecule is O=C1CCc2cc(C(O)Cc3cccc(Cl)c3)ccc2N1. The average molecular weight is 302 g/mol. The monoisotopic (exact) mass is 301 g/mol. The molecule has 2 aromatic carbocycles. The van der Waals surface area contributed by atoms with Gasteiger partial charge in [0.1, 0.15) is 0 Å². The average Bonchev–Trinajstić information content (AvgIpc) is 2.46. The fourth-order valence-corrected chi connectivity index (χ4v) is 2.83. The molecule has 21 heavy (non-hydrogen) atoms. The van der Waals surface area contributed by atoms with Crippen LogP contribution in [0.5, 0.6) is 0 Å². The number of aryl methyl sites for hydroxylation is 1. The van der Waals surface area contributed by atoms with Crippen LogP contribution in [-0.4, -0.2) is 11.0 Å². The van der Waals surface area contributed by atoms with Crippen molar-refractivity contribution < 1.29 is 9.90 Å². The number of anilines is 1. The largest absolute Gasteiger partial charge is 0.388 e. The number of aliphatic hydroxyl groups excluding tert-OH is 1. The van der Waals surface area contributed by atoms with Gasteiger partial charge in [-0.15, -0.1) is 0 Å². The summed E-state index contributed by atoms with van der Waals surface area (Å²) in [4.78, 5) is 11.3. The quantitative estimate of drug-likeness (QED) is 0.911. The first kappa shape index (κ1) is 14.1. The van der Waals surface area contributed by atoms with Gasteiger partial charge in [0.25, 0.3) is 0 Å². The fraction of sp³-hybridized carbons (Fsp3) is 0.235. The van der Waals surface area contributed by atoms with Crippen molar-refractivity contribution in [1.29, 1.82) is 0 Å². The van der Waals surface area contributed by atoms with Gasteiger partial charge in [0.2, 0.25) is 5.91 Å². The van der Waals surface area contributed by atoms with Crippen LogP contribution in [0.1, 0.15) is 29.2 Å². The smallest absolute Gasteiger partial charge is 0.224 e. The molecular weight excluding hydrogens is 286 g/mol. The first-order chi connectivity index (χ1) is 10.1. The van der Waals surface area contributed by atoms with Gasteiger partial charge < -0.3 is 10.4 Å². The minimum absolute atomic E-state index is 0.0507. The molecular formula is C17H16ClNO2. The number of benzene rings is 2. The van der Waals surface area contributed by atoms with E-state index in [1.165, 1.54) is 0 Å². The molecule has 3 nitrogen and oxygen atoms in total. The van der Waals surface area contributed by atoms with Crippen LogP contribution in [0.25, 0.3) is 0 Å². The third-order valence-corrected chi connectivity index (χ3v) is 3.96. The zero-order chi connectivity index (χ0) is 14.8. The van der Waals surface area contributed by atoms with Gasteiger partial charge in [0, 0.05) is 23.6 Å². The van der Waals surface area contributed by atoms with Crippen molar-refractivity contribution in [2.45, 2.75) is 25.4 Å². The van der Waals surface area contributed by atoms with E-state index in [4.69, 9.17) is 11.6 Å². The number of amides is 1. The van der Waals surface area contributed by atoms with E-state index in [1.807, 2.05) is 42.5 Å². The zero-order valence-corrected chi connectivity index (χ0v) is 12.2. The van der Waals surface area contributed by atoms with E-state index < -0.39 is 6.10 Å². The number of hydrogen-bond donors (Lipinski definition) is 2. The van der Waals surface area contributed by atoms with Gasteiger partial charge in [-0.3, -0.25) is 4.79 Å². The Labute approximate surface area is 128 Å². The predicted octanol–water partition coefficient (Wildman–Crippen LogP) is 3.50. The van der Waals surface area contributed by atoms with Crippen molar-refractivity contribution in [2.24, 2.45) is 0 Å². The zero-order valence-electron chi connectivity index (χ0n) is 11.5. The number of rotatable bonds is 3. The van der Waals surface area contributed by atoms with Gasteiger partial charge in [0.05, 0.1) is 6.10 Å². The summed E-state index contributed by atoms with van der Waals surface area (Å²) in [6, 6.07) is 13.2. The summed E-state index contributed by atoms with van der Waals surface area (Å²) in [5, 5.41) is 13.9. The Morgan fingerprint density at radius 1 is 1.19 bits per heavy atom. The van der Waals surface area contributed by atoms with Gasteiger partial charge in [-0.05, 0) is 41.3 Å². The fourth-order valence-electron chi connectivity index (χ4n) is 2.62. The van der Waals surface area contributed by atoms with E-state index in [0.717, 1.165) is 28.8 Å². The summed E-state index contributed by atoms with van der Waals surface area (Å²) in [7, 11) is 0. The molecule has 0 fully saturated rings. The van der Waals surface area contributed by atoms with Gasteiger partial charge in [-0.1, -0.05) is 35.9 Å². The highest BCUT2D eigenvalue weighted by Crippen LogP contribution is 2.27. The molecule has 0 aromatic heterocycles. The normalized spacial score (nSPS) is 15.2. The van der Waals surface area contributed by atoms with E-state index in [9.17, 15) is 9.90 Å². The van der Waals surface area contributed by atoms with Crippen LogP contribution in [-0.2, 0) is 17.6 Å². The maximum absolute atomic E-state index is 11.3. The molecule has 1 heterocycles. The molecule has 0 radical (unpaired) electrons. The van der Waals surface area contributed by atoms with Crippen molar-refractivity contribution in [1.82, 2.24) is 0 Å². The minimum atomic E-state index is -0.577. The summed E-state index contributed by atoms with van der Waals surface area (Å²) >= 11 is 5.96. The molecule has 1 aliphatic heterocycles. The Morgan fingerprint density at radius 2 is 2.05 bits per heavy atom. The van der Waals surface area contributed by atoms with Crippen LogP contribution in [0.3, 0.4) is 0 Å². The summed E-state index contributed by atoms with van der Waals surface area (Å²) in [6.45, 7) is 0. The van der Waals surface area contributed by atoms with E-state index in [2.05, 4.69) is 5.32 Å². The Balaban J connectivity index is 1.79. The highest BCUT2D eigenvalue weighted by molar-refractivity contribution is 6.30. The van der Waals surface area contributed by atoms with Crippen LogP contribution in [0.15, 0.2) is 42.5 Å². The molecule has 1 aliphatic rings. The number of nitrogens with one attached hydrogen (secondary N) is 1. The van der Waals surface area contributed by atoms with E-state index in [0.29, 0.717) is 17.9 Å². The lowest BCUT2D eigenvalue weighted by molar-refractivity contribution is -0.116. The number of fused-ring (bicyclic) bond motifs is 1. The summed E-state index contributed by atoms with van der Waals surface area (Å²) in [5.41, 5.74) is 3.80. The Bertz CT molecular complexity index is 684. The van der Waals surface area contributed by atoms with Crippen LogP contribution < -0.4 is 5.32 Å². The molecule has 1 atom stereocenters. The molecule has 3 rings (SSSR count). The van der Waals surface area contributed by atoms with Gasteiger partial charge in [-0.25, -0.2) is 0 Å². The Morgan fingerprint density at radius 3 is 2.86 bits per heavy atom. The maximum atomic E-state index is 11.3. The lowest BCUT2D eigenvalue weighted by Crippen LogP contribution is -2.19. The van der Waals surface area contributed by atoms with Gasteiger partial charge >= 0.3 is 0 Å². The summed E-state index contributed by atoms with van der Waals surface area (Å²) < 4.78 is 0. The van der Waals surface area contributed by atoms with Crippen LogP contribution in [0, 0.1) is 0 Å². The molecule has 2 aromatic rings. The van der Waals surface area contributed by atoms with Crippen molar-refractivity contribution >= 4 is 23.2 Å². The molecule has 4 heteroatoms. The molecule has 1 unspecified atom stereocenters. The molecule has 108 valence electrons. The van der Waals surface area contributed by atoms with Crippen LogP contribution in [0.4, 0.5) is 5.69 Å². The Hall–Kier alpha value is -1.84. The first-order valence-corrected chi connectivity index (χ1v) is 7.35. The third kappa shape index (κ3) is 3.26. The summed E-state index contributed by atoms with van der Waals surface area (Å²) in [5.74, 6) is 0.0507. The predicted molar refractivity (Wildman–Crippen MR) is 83.5 cm³/mol. The third-order valence-electron chi connectivity index (χ3n) is 3.73. The van der Waals surface area contributed by atoms with Crippen LogP contribution >= 0.6 is 11.6 Å². The number of carbonyl (C=O) groups is 1. The molecule has 0 spiro atoms. The second kappa shape index (κ2) is 5.88. The number of halogens is 1. The lowest BCUT2D eigenvalue weighted by atomic mass is 9.95. The number of aliphatic hydroxyl groups is 1. The van der Waals surface area contributed by atoms with Gasteiger partial charge in [-0.2, -0.15) is 0 Å². The molecule has 0 saturated heterocycles. The van der Waals surface area contributed by atoms with Crippen molar-refractivity contribution in [2.75, 3.05) is 5.32 Å². The highest BCUT2D eigenvalue weighted by atomic mass is 35.5. The number of carbonyl (C=O) groups excluding carboxylic acids is 1. The molecule has 2 N–H and O–H groups in total. The first-order valence-electron chi connectivity index (χ1n) is 6.97.